The van der Waals surface area contributed by atoms with E-state index in [4.69, 9.17) is 10.5 Å². The quantitative estimate of drug-likeness (QED) is 0.915. The Hall–Kier alpha value is -1.87. The second-order valence-corrected chi connectivity index (χ2v) is 4.73. The molecule has 2 nitrogen and oxygen atoms in total. The molecule has 2 aromatic carbocycles. The van der Waals surface area contributed by atoms with Gasteiger partial charge < -0.3 is 10.5 Å². The number of hydrogen-bond acceptors (Lipinski definition) is 2. The smallest absolute Gasteiger partial charge is 0.128 e. The third-order valence-corrected chi connectivity index (χ3v) is 3.26. The lowest BCUT2D eigenvalue weighted by Crippen LogP contribution is -2.14. The zero-order chi connectivity index (χ0) is 14.0. The average molecular weight is 259 g/mol. The van der Waals surface area contributed by atoms with E-state index in [0.29, 0.717) is 5.56 Å². The Balaban J connectivity index is 2.41. The molecule has 2 aromatic rings. The summed E-state index contributed by atoms with van der Waals surface area (Å²) in [5.41, 5.74) is 9.55. The Morgan fingerprint density at radius 2 is 1.84 bits per heavy atom. The Morgan fingerprint density at radius 1 is 1.11 bits per heavy atom. The molecule has 0 heterocycles. The molecular weight excluding hydrogens is 241 g/mol. The molecular formula is C16H18FNO. The SMILES string of the molecule is COc1ccc(C(N)c2cc(C)ccc2F)cc1C. The first-order valence-electron chi connectivity index (χ1n) is 6.19. The van der Waals surface area contributed by atoms with Crippen molar-refractivity contribution in [2.45, 2.75) is 19.9 Å². The molecule has 2 rings (SSSR count). The van der Waals surface area contributed by atoms with E-state index < -0.39 is 6.04 Å². The van der Waals surface area contributed by atoms with Gasteiger partial charge in [0, 0.05) is 5.56 Å². The van der Waals surface area contributed by atoms with Crippen LogP contribution >= 0.6 is 0 Å². The van der Waals surface area contributed by atoms with Crippen LogP contribution in [0.5, 0.6) is 5.75 Å². The molecule has 1 atom stereocenters. The first-order valence-corrected chi connectivity index (χ1v) is 6.19. The van der Waals surface area contributed by atoms with Crippen LogP contribution in [0.25, 0.3) is 0 Å². The maximum absolute atomic E-state index is 13.8. The summed E-state index contributed by atoms with van der Waals surface area (Å²) in [7, 11) is 1.63. The number of methoxy groups -OCH3 is 1. The van der Waals surface area contributed by atoms with Gasteiger partial charge in [-0.1, -0.05) is 29.8 Å². The van der Waals surface area contributed by atoms with E-state index >= 15 is 0 Å². The topological polar surface area (TPSA) is 35.2 Å². The highest BCUT2D eigenvalue weighted by Gasteiger charge is 2.14. The molecule has 19 heavy (non-hydrogen) atoms. The number of nitrogens with two attached hydrogens (primary N) is 1. The second kappa shape index (κ2) is 5.41. The van der Waals surface area contributed by atoms with Gasteiger partial charge >= 0.3 is 0 Å². The van der Waals surface area contributed by atoms with Crippen molar-refractivity contribution in [3.05, 3.63) is 64.5 Å². The largest absolute Gasteiger partial charge is 0.496 e. The minimum Gasteiger partial charge on any atom is -0.496 e. The number of aryl methyl sites for hydroxylation is 2. The molecule has 0 aliphatic carbocycles. The third-order valence-electron chi connectivity index (χ3n) is 3.26. The summed E-state index contributed by atoms with van der Waals surface area (Å²) < 4.78 is 19.1. The maximum atomic E-state index is 13.8. The van der Waals surface area contributed by atoms with Crippen LogP contribution in [0.15, 0.2) is 36.4 Å². The van der Waals surface area contributed by atoms with Crippen molar-refractivity contribution in [2.75, 3.05) is 7.11 Å². The van der Waals surface area contributed by atoms with Gasteiger partial charge in [0.2, 0.25) is 0 Å². The van der Waals surface area contributed by atoms with Gasteiger partial charge in [0.05, 0.1) is 13.2 Å². The first kappa shape index (κ1) is 13.6. The second-order valence-electron chi connectivity index (χ2n) is 4.73. The van der Waals surface area contributed by atoms with Crippen molar-refractivity contribution in [2.24, 2.45) is 5.73 Å². The van der Waals surface area contributed by atoms with E-state index in [2.05, 4.69) is 0 Å². The van der Waals surface area contributed by atoms with Gasteiger partial charge in [-0.3, -0.25) is 0 Å². The lowest BCUT2D eigenvalue weighted by molar-refractivity contribution is 0.411. The van der Waals surface area contributed by atoms with E-state index in [1.165, 1.54) is 6.07 Å². The zero-order valence-electron chi connectivity index (χ0n) is 11.4. The zero-order valence-corrected chi connectivity index (χ0v) is 11.4. The van der Waals surface area contributed by atoms with Crippen molar-refractivity contribution < 1.29 is 9.13 Å². The standard InChI is InChI=1S/C16H18FNO/c1-10-4-6-14(17)13(8-10)16(18)12-5-7-15(19-3)11(2)9-12/h4-9,16H,18H2,1-3H3. The Morgan fingerprint density at radius 3 is 2.47 bits per heavy atom. The first-order chi connectivity index (χ1) is 9.02. The van der Waals surface area contributed by atoms with Crippen LogP contribution in [-0.4, -0.2) is 7.11 Å². The molecule has 0 aromatic heterocycles. The molecule has 0 aliphatic heterocycles. The number of halogens is 1. The summed E-state index contributed by atoms with van der Waals surface area (Å²) in [6, 6.07) is 10.2. The van der Waals surface area contributed by atoms with E-state index in [0.717, 1.165) is 22.4 Å². The summed E-state index contributed by atoms with van der Waals surface area (Å²) in [6.45, 7) is 3.87. The summed E-state index contributed by atoms with van der Waals surface area (Å²) in [6.07, 6.45) is 0. The number of rotatable bonds is 3. The van der Waals surface area contributed by atoms with E-state index in [1.807, 2.05) is 32.0 Å². The van der Waals surface area contributed by atoms with Crippen LogP contribution in [-0.2, 0) is 0 Å². The van der Waals surface area contributed by atoms with Crippen LogP contribution in [0.4, 0.5) is 4.39 Å². The van der Waals surface area contributed by atoms with Crippen LogP contribution in [0.1, 0.15) is 28.3 Å². The van der Waals surface area contributed by atoms with Crippen LogP contribution in [0.2, 0.25) is 0 Å². The molecule has 0 amide bonds. The fraction of sp³-hybridized carbons (Fsp3) is 0.250. The molecule has 100 valence electrons. The fourth-order valence-corrected chi connectivity index (χ4v) is 2.18. The fourth-order valence-electron chi connectivity index (χ4n) is 2.18. The van der Waals surface area contributed by atoms with Crippen LogP contribution < -0.4 is 10.5 Å². The molecule has 0 spiro atoms. The van der Waals surface area contributed by atoms with Crippen LogP contribution in [0.3, 0.4) is 0 Å². The van der Waals surface area contributed by atoms with E-state index in [9.17, 15) is 4.39 Å². The predicted molar refractivity (Wildman–Crippen MR) is 74.9 cm³/mol. The number of ether oxygens (including phenoxy) is 1. The maximum Gasteiger partial charge on any atom is 0.128 e. The van der Waals surface area contributed by atoms with Gasteiger partial charge in [0.1, 0.15) is 11.6 Å². The van der Waals surface area contributed by atoms with Gasteiger partial charge in [-0.15, -0.1) is 0 Å². The molecule has 0 fully saturated rings. The van der Waals surface area contributed by atoms with Crippen molar-refractivity contribution >= 4 is 0 Å². The predicted octanol–water partition coefficient (Wildman–Crippen LogP) is 3.50. The highest BCUT2D eigenvalue weighted by molar-refractivity contribution is 5.41. The Kier molecular flexibility index (Phi) is 3.86. The summed E-state index contributed by atoms with van der Waals surface area (Å²) in [5, 5.41) is 0. The Labute approximate surface area is 113 Å². The molecule has 0 saturated heterocycles. The minimum absolute atomic E-state index is 0.272. The van der Waals surface area contributed by atoms with Gasteiger partial charge in [-0.2, -0.15) is 0 Å². The van der Waals surface area contributed by atoms with Crippen molar-refractivity contribution in [1.29, 1.82) is 0 Å². The Bertz CT molecular complexity index is 595. The number of benzene rings is 2. The van der Waals surface area contributed by atoms with Gasteiger partial charge in [0.15, 0.2) is 0 Å². The number of hydrogen-bond donors (Lipinski definition) is 1. The van der Waals surface area contributed by atoms with Crippen LogP contribution in [0, 0.1) is 19.7 Å². The summed E-state index contributed by atoms with van der Waals surface area (Å²) in [5.74, 6) is 0.534. The lowest BCUT2D eigenvalue weighted by atomic mass is 9.96. The van der Waals surface area contributed by atoms with E-state index in [1.54, 1.807) is 19.2 Å². The van der Waals surface area contributed by atoms with Gasteiger partial charge in [0.25, 0.3) is 0 Å². The monoisotopic (exact) mass is 259 g/mol. The highest BCUT2D eigenvalue weighted by Crippen LogP contribution is 2.27. The molecule has 0 bridgehead atoms. The normalized spacial score (nSPS) is 12.3. The van der Waals surface area contributed by atoms with E-state index in [-0.39, 0.29) is 5.82 Å². The van der Waals surface area contributed by atoms with Gasteiger partial charge in [-0.25, -0.2) is 4.39 Å². The summed E-state index contributed by atoms with van der Waals surface area (Å²) >= 11 is 0. The molecule has 1 unspecified atom stereocenters. The summed E-state index contributed by atoms with van der Waals surface area (Å²) in [4.78, 5) is 0. The lowest BCUT2D eigenvalue weighted by Gasteiger charge is -2.16. The highest BCUT2D eigenvalue weighted by atomic mass is 19.1. The molecule has 0 aliphatic rings. The molecule has 2 N–H and O–H groups in total. The minimum atomic E-state index is -0.468. The average Bonchev–Trinajstić information content (AvgIpc) is 2.40. The van der Waals surface area contributed by atoms with Gasteiger partial charge in [-0.05, 0) is 37.1 Å². The molecule has 0 radical (unpaired) electrons. The molecule has 0 saturated carbocycles. The van der Waals surface area contributed by atoms with Crippen molar-refractivity contribution in [1.82, 2.24) is 0 Å². The molecule has 3 heteroatoms. The third kappa shape index (κ3) is 2.76. The van der Waals surface area contributed by atoms with Crippen molar-refractivity contribution in [3.63, 3.8) is 0 Å². The van der Waals surface area contributed by atoms with Crippen molar-refractivity contribution in [3.8, 4) is 5.75 Å².